The summed E-state index contributed by atoms with van der Waals surface area (Å²) in [5.41, 5.74) is 0.364. The Morgan fingerprint density at radius 1 is 1.13 bits per heavy atom. The minimum atomic E-state index is -2.67. The number of fused-ring (bicyclic) bond motifs is 1. The fourth-order valence-corrected chi connectivity index (χ4v) is 5.21. The Labute approximate surface area is 137 Å². The number of halogens is 2. The molecule has 0 amide bonds. The van der Waals surface area contributed by atoms with Gasteiger partial charge in [0.15, 0.2) is 5.65 Å². The first-order chi connectivity index (χ1) is 11.2. The maximum atomic E-state index is 13.0. The zero-order valence-electron chi connectivity index (χ0n) is 12.8. The Hall–Kier alpha value is -1.44. The van der Waals surface area contributed by atoms with Crippen LogP contribution in [0.5, 0.6) is 0 Å². The molecule has 3 heterocycles. The number of thioether (sulfide) groups is 1. The molecule has 5 nitrogen and oxygen atoms in total. The van der Waals surface area contributed by atoms with Crippen LogP contribution in [0.25, 0.3) is 5.65 Å². The van der Waals surface area contributed by atoms with Gasteiger partial charge in [0.05, 0.1) is 0 Å². The van der Waals surface area contributed by atoms with E-state index in [2.05, 4.69) is 32.0 Å². The van der Waals surface area contributed by atoms with Crippen molar-refractivity contribution in [1.82, 2.24) is 19.8 Å². The van der Waals surface area contributed by atoms with E-state index < -0.39 is 6.43 Å². The van der Waals surface area contributed by atoms with Crippen LogP contribution in [0, 0.1) is 0 Å². The Bertz CT molecular complexity index is 693. The Morgan fingerprint density at radius 3 is 2.74 bits per heavy atom. The molecule has 23 heavy (non-hydrogen) atoms. The molecule has 1 saturated carbocycles. The predicted octanol–water partition coefficient (Wildman–Crippen LogP) is 3.32. The standard InChI is InChI=1S/C15H19F2N5S/c16-13(17)14-19-18-11-4-5-12(20-22(11)14)21-8-9-23-15(10-21)6-2-1-3-7-15/h4-5,13H,1-3,6-10H2. The molecule has 2 aromatic rings. The van der Waals surface area contributed by atoms with Gasteiger partial charge in [-0.15, -0.1) is 15.3 Å². The van der Waals surface area contributed by atoms with E-state index in [1.165, 1.54) is 36.6 Å². The number of aromatic nitrogens is 4. The highest BCUT2D eigenvalue weighted by atomic mass is 32.2. The van der Waals surface area contributed by atoms with E-state index in [0.717, 1.165) is 24.7 Å². The summed E-state index contributed by atoms with van der Waals surface area (Å²) in [6.07, 6.45) is 3.71. The molecule has 0 aromatic carbocycles. The summed E-state index contributed by atoms with van der Waals surface area (Å²) in [4.78, 5) is 2.23. The Kier molecular flexibility index (Phi) is 3.87. The highest BCUT2D eigenvalue weighted by Gasteiger charge is 2.37. The Balaban J connectivity index is 1.64. The molecule has 1 spiro atoms. The number of anilines is 1. The van der Waals surface area contributed by atoms with Crippen LogP contribution in [0.15, 0.2) is 12.1 Å². The van der Waals surface area contributed by atoms with Crippen LogP contribution >= 0.6 is 11.8 Å². The van der Waals surface area contributed by atoms with Crippen LogP contribution in [-0.2, 0) is 0 Å². The summed E-state index contributed by atoms with van der Waals surface area (Å²) in [5.74, 6) is 1.41. The molecule has 0 radical (unpaired) electrons. The van der Waals surface area contributed by atoms with E-state index in [4.69, 9.17) is 0 Å². The molecule has 8 heteroatoms. The molecule has 2 aromatic heterocycles. The van der Waals surface area contributed by atoms with Crippen molar-refractivity contribution in [1.29, 1.82) is 0 Å². The first-order valence-electron chi connectivity index (χ1n) is 8.06. The normalized spacial score (nSPS) is 21.4. The zero-order valence-corrected chi connectivity index (χ0v) is 13.6. The third-order valence-corrected chi connectivity index (χ3v) is 6.34. The average molecular weight is 339 g/mol. The molecule has 1 aliphatic carbocycles. The molecule has 2 fully saturated rings. The summed E-state index contributed by atoms with van der Waals surface area (Å²) in [6, 6.07) is 3.59. The summed E-state index contributed by atoms with van der Waals surface area (Å²) >= 11 is 2.08. The fraction of sp³-hybridized carbons (Fsp3) is 0.667. The fourth-order valence-electron chi connectivity index (χ4n) is 3.64. The summed E-state index contributed by atoms with van der Waals surface area (Å²) in [5, 5.41) is 11.7. The van der Waals surface area contributed by atoms with Crippen molar-refractivity contribution in [2.75, 3.05) is 23.7 Å². The van der Waals surface area contributed by atoms with Crippen LogP contribution in [0.2, 0.25) is 0 Å². The second-order valence-corrected chi connectivity index (χ2v) is 7.90. The van der Waals surface area contributed by atoms with E-state index >= 15 is 0 Å². The average Bonchev–Trinajstić information content (AvgIpc) is 2.99. The number of hydrogen-bond acceptors (Lipinski definition) is 5. The van der Waals surface area contributed by atoms with Gasteiger partial charge in [0, 0.05) is 23.6 Å². The molecule has 1 aliphatic heterocycles. The minimum absolute atomic E-state index is 0.311. The SMILES string of the molecule is FC(F)c1nnc2ccc(N3CCSC4(CCCCC4)C3)nn12. The van der Waals surface area contributed by atoms with Crippen LogP contribution in [0.4, 0.5) is 14.6 Å². The number of hydrogen-bond donors (Lipinski definition) is 0. The zero-order chi connectivity index (χ0) is 15.9. The maximum absolute atomic E-state index is 13.0. The number of alkyl halides is 2. The second kappa shape index (κ2) is 5.89. The quantitative estimate of drug-likeness (QED) is 0.840. The summed E-state index contributed by atoms with van der Waals surface area (Å²) < 4.78 is 27.5. The van der Waals surface area contributed by atoms with Gasteiger partial charge in [-0.1, -0.05) is 19.3 Å². The lowest BCUT2D eigenvalue weighted by molar-refractivity contribution is 0.137. The lowest BCUT2D eigenvalue weighted by Crippen LogP contribution is -2.48. The van der Waals surface area contributed by atoms with Crippen LogP contribution < -0.4 is 4.90 Å². The predicted molar refractivity (Wildman–Crippen MR) is 86.2 cm³/mol. The van der Waals surface area contributed by atoms with Crippen molar-refractivity contribution in [3.8, 4) is 0 Å². The van der Waals surface area contributed by atoms with Gasteiger partial charge >= 0.3 is 0 Å². The first-order valence-corrected chi connectivity index (χ1v) is 9.05. The molecule has 0 unspecified atom stereocenters. The molecule has 0 N–H and O–H groups in total. The van der Waals surface area contributed by atoms with E-state index in [9.17, 15) is 8.78 Å². The van der Waals surface area contributed by atoms with Gasteiger partial charge in [-0.3, -0.25) is 0 Å². The van der Waals surface area contributed by atoms with Crippen LogP contribution in [0.1, 0.15) is 44.4 Å². The van der Waals surface area contributed by atoms with Gasteiger partial charge in [-0.25, -0.2) is 8.78 Å². The minimum Gasteiger partial charge on any atom is -0.353 e. The Morgan fingerprint density at radius 2 is 1.96 bits per heavy atom. The van der Waals surface area contributed by atoms with Gasteiger partial charge < -0.3 is 4.90 Å². The lowest BCUT2D eigenvalue weighted by Gasteiger charge is -2.45. The van der Waals surface area contributed by atoms with Crippen molar-refractivity contribution < 1.29 is 8.78 Å². The van der Waals surface area contributed by atoms with Crippen molar-refractivity contribution in [2.24, 2.45) is 0 Å². The van der Waals surface area contributed by atoms with E-state index in [1.807, 2.05) is 6.07 Å². The second-order valence-electron chi connectivity index (χ2n) is 6.33. The van der Waals surface area contributed by atoms with Gasteiger partial charge in [0.25, 0.3) is 6.43 Å². The van der Waals surface area contributed by atoms with Gasteiger partial charge in [0.1, 0.15) is 5.82 Å². The van der Waals surface area contributed by atoms with E-state index in [0.29, 0.717) is 10.4 Å². The highest BCUT2D eigenvalue weighted by Crippen LogP contribution is 2.43. The van der Waals surface area contributed by atoms with Crippen molar-refractivity contribution >= 4 is 23.2 Å². The largest absolute Gasteiger partial charge is 0.353 e. The molecule has 2 aliphatic rings. The van der Waals surface area contributed by atoms with Crippen molar-refractivity contribution in [3.05, 3.63) is 18.0 Å². The van der Waals surface area contributed by atoms with Crippen LogP contribution in [0.3, 0.4) is 0 Å². The molecule has 0 atom stereocenters. The first kappa shape index (κ1) is 15.1. The van der Waals surface area contributed by atoms with Gasteiger partial charge in [-0.2, -0.15) is 16.3 Å². The summed E-state index contributed by atoms with van der Waals surface area (Å²) in [7, 11) is 0. The summed E-state index contributed by atoms with van der Waals surface area (Å²) in [6.45, 7) is 1.85. The molecule has 124 valence electrons. The molecule has 4 rings (SSSR count). The van der Waals surface area contributed by atoms with E-state index in [1.54, 1.807) is 6.07 Å². The smallest absolute Gasteiger partial charge is 0.299 e. The van der Waals surface area contributed by atoms with E-state index in [-0.39, 0.29) is 5.82 Å². The van der Waals surface area contributed by atoms with Crippen molar-refractivity contribution in [2.45, 2.75) is 43.3 Å². The van der Waals surface area contributed by atoms with Crippen molar-refractivity contribution in [3.63, 3.8) is 0 Å². The molecule has 1 saturated heterocycles. The molecule has 0 bridgehead atoms. The monoisotopic (exact) mass is 339 g/mol. The van der Waals surface area contributed by atoms with Crippen LogP contribution in [-0.4, -0.2) is 43.4 Å². The topological polar surface area (TPSA) is 46.3 Å². The lowest BCUT2D eigenvalue weighted by atomic mass is 9.87. The van der Waals surface area contributed by atoms with Gasteiger partial charge in [-0.05, 0) is 25.0 Å². The van der Waals surface area contributed by atoms with Gasteiger partial charge in [0.2, 0.25) is 5.82 Å². The number of rotatable bonds is 2. The third-order valence-electron chi connectivity index (χ3n) is 4.81. The molecular formula is C15H19F2N5S. The number of nitrogens with zero attached hydrogens (tertiary/aromatic N) is 5. The molecular weight excluding hydrogens is 320 g/mol. The maximum Gasteiger partial charge on any atom is 0.299 e. The highest BCUT2D eigenvalue weighted by molar-refractivity contribution is 8.00. The third kappa shape index (κ3) is 2.77.